The highest BCUT2D eigenvalue weighted by Gasteiger charge is 2.40. The van der Waals surface area contributed by atoms with E-state index in [1.165, 1.54) is 4.31 Å². The minimum Gasteiger partial charge on any atom is -0.360 e. The minimum absolute atomic E-state index is 0.0478. The Bertz CT molecular complexity index is 547. The van der Waals surface area contributed by atoms with Gasteiger partial charge in [0.2, 0.25) is 10.0 Å². The van der Waals surface area contributed by atoms with Crippen molar-refractivity contribution in [3.8, 4) is 6.07 Å². The fraction of sp³-hybridized carbons (Fsp3) is 0.600. The van der Waals surface area contributed by atoms with Crippen molar-refractivity contribution in [1.82, 2.24) is 9.46 Å². The quantitative estimate of drug-likeness (QED) is 0.748. The van der Waals surface area contributed by atoms with Crippen LogP contribution in [0.5, 0.6) is 0 Å². The summed E-state index contributed by atoms with van der Waals surface area (Å²) < 4.78 is 30.9. The highest BCUT2D eigenvalue weighted by Crippen LogP contribution is 2.33. The smallest absolute Gasteiger partial charge is 0.249 e. The number of aromatic nitrogens is 1. The van der Waals surface area contributed by atoms with Crippen molar-refractivity contribution in [2.45, 2.75) is 37.6 Å². The maximum atomic E-state index is 12.4. The fourth-order valence-electron chi connectivity index (χ4n) is 1.80. The van der Waals surface area contributed by atoms with Gasteiger partial charge in [0.05, 0.1) is 6.07 Å². The Morgan fingerprint density at radius 3 is 2.59 bits per heavy atom. The number of nitrogens with zero attached hydrogens (tertiary/aromatic N) is 3. The summed E-state index contributed by atoms with van der Waals surface area (Å²) in [6.07, 6.45) is 1.62. The molecule has 1 saturated carbocycles. The molecule has 1 aliphatic rings. The predicted octanol–water partition coefficient (Wildman–Crippen LogP) is 0.968. The van der Waals surface area contributed by atoms with Crippen molar-refractivity contribution in [2.75, 3.05) is 6.54 Å². The van der Waals surface area contributed by atoms with Crippen LogP contribution in [0.15, 0.2) is 9.42 Å². The van der Waals surface area contributed by atoms with Crippen molar-refractivity contribution in [3.05, 3.63) is 11.5 Å². The maximum Gasteiger partial charge on any atom is 0.249 e. The molecule has 0 aliphatic heterocycles. The van der Waals surface area contributed by atoms with Crippen LogP contribution in [0, 0.1) is 25.2 Å². The molecule has 1 heterocycles. The van der Waals surface area contributed by atoms with Gasteiger partial charge in [0, 0.05) is 6.04 Å². The van der Waals surface area contributed by atoms with Crippen molar-refractivity contribution in [2.24, 2.45) is 0 Å². The standard InChI is InChI=1S/C10H13N3O3S/c1-7-10(8(2)16-12-7)17(14,15)13(6-5-11)9-3-4-9/h9H,3-4,6H2,1-2H3. The molecule has 0 bridgehead atoms. The number of rotatable bonds is 4. The van der Waals surface area contributed by atoms with E-state index in [1.807, 2.05) is 6.07 Å². The molecule has 1 aromatic rings. The first kappa shape index (κ1) is 12.1. The van der Waals surface area contributed by atoms with Crippen LogP contribution in [-0.4, -0.2) is 30.5 Å². The Hall–Kier alpha value is -1.39. The van der Waals surface area contributed by atoms with E-state index in [0.717, 1.165) is 12.8 Å². The van der Waals surface area contributed by atoms with E-state index in [4.69, 9.17) is 9.78 Å². The molecule has 0 radical (unpaired) electrons. The Kier molecular flexibility index (Phi) is 2.93. The second-order valence-corrected chi connectivity index (χ2v) is 5.92. The summed E-state index contributed by atoms with van der Waals surface area (Å²) in [5.74, 6) is 0.270. The zero-order valence-corrected chi connectivity index (χ0v) is 10.5. The van der Waals surface area contributed by atoms with Crippen molar-refractivity contribution < 1.29 is 12.9 Å². The molecule has 1 aliphatic carbocycles. The van der Waals surface area contributed by atoms with E-state index in [0.29, 0.717) is 5.69 Å². The maximum absolute atomic E-state index is 12.4. The van der Waals surface area contributed by atoms with Crippen LogP contribution in [0.4, 0.5) is 0 Å². The van der Waals surface area contributed by atoms with Gasteiger partial charge in [-0.15, -0.1) is 0 Å². The number of hydrogen-bond acceptors (Lipinski definition) is 5. The number of hydrogen-bond donors (Lipinski definition) is 0. The molecule has 0 atom stereocenters. The Morgan fingerprint density at radius 1 is 1.53 bits per heavy atom. The molecule has 0 amide bonds. The van der Waals surface area contributed by atoms with Crippen LogP contribution in [0.2, 0.25) is 0 Å². The van der Waals surface area contributed by atoms with Gasteiger partial charge in [0.15, 0.2) is 5.76 Å². The first-order chi connectivity index (χ1) is 7.98. The molecule has 0 N–H and O–H groups in total. The van der Waals surface area contributed by atoms with Crippen LogP contribution in [-0.2, 0) is 10.0 Å². The Balaban J connectivity index is 2.45. The summed E-state index contributed by atoms with van der Waals surface area (Å²) in [7, 11) is -3.66. The van der Waals surface area contributed by atoms with Gasteiger partial charge in [-0.25, -0.2) is 8.42 Å². The lowest BCUT2D eigenvalue weighted by Gasteiger charge is -2.18. The lowest BCUT2D eigenvalue weighted by atomic mass is 10.4. The fourth-order valence-corrected chi connectivity index (χ4v) is 3.68. The molecule has 0 unspecified atom stereocenters. The van der Waals surface area contributed by atoms with Gasteiger partial charge in [-0.2, -0.15) is 9.57 Å². The van der Waals surface area contributed by atoms with Crippen LogP contribution < -0.4 is 0 Å². The minimum atomic E-state index is -3.66. The third-order valence-corrected chi connectivity index (χ3v) is 4.86. The van der Waals surface area contributed by atoms with Gasteiger partial charge >= 0.3 is 0 Å². The highest BCUT2D eigenvalue weighted by molar-refractivity contribution is 7.89. The monoisotopic (exact) mass is 255 g/mol. The lowest BCUT2D eigenvalue weighted by molar-refractivity contribution is 0.389. The summed E-state index contributed by atoms with van der Waals surface area (Å²) >= 11 is 0. The van der Waals surface area contributed by atoms with Gasteiger partial charge < -0.3 is 4.52 Å². The molecule has 1 fully saturated rings. The number of aryl methyl sites for hydroxylation is 2. The van der Waals surface area contributed by atoms with Gasteiger partial charge in [0.25, 0.3) is 0 Å². The highest BCUT2D eigenvalue weighted by atomic mass is 32.2. The summed E-state index contributed by atoms with van der Waals surface area (Å²) in [4.78, 5) is 0.0969. The molecule has 17 heavy (non-hydrogen) atoms. The lowest BCUT2D eigenvalue weighted by Crippen LogP contribution is -2.34. The third-order valence-electron chi connectivity index (χ3n) is 2.72. The van der Waals surface area contributed by atoms with E-state index in [1.54, 1.807) is 13.8 Å². The van der Waals surface area contributed by atoms with Crippen molar-refractivity contribution in [3.63, 3.8) is 0 Å². The number of sulfonamides is 1. The molecular formula is C10H13N3O3S. The first-order valence-corrected chi connectivity index (χ1v) is 6.74. The topological polar surface area (TPSA) is 87.2 Å². The normalized spacial score (nSPS) is 16.1. The van der Waals surface area contributed by atoms with E-state index >= 15 is 0 Å². The Labute approximate surface area is 99.9 Å². The van der Waals surface area contributed by atoms with Gasteiger partial charge in [0.1, 0.15) is 17.1 Å². The van der Waals surface area contributed by atoms with E-state index in [9.17, 15) is 8.42 Å². The zero-order chi connectivity index (χ0) is 12.6. The van der Waals surface area contributed by atoms with Crippen molar-refractivity contribution in [1.29, 1.82) is 5.26 Å². The Morgan fingerprint density at radius 2 is 2.18 bits per heavy atom. The van der Waals surface area contributed by atoms with Crippen LogP contribution in [0.25, 0.3) is 0 Å². The molecule has 2 rings (SSSR count). The van der Waals surface area contributed by atoms with E-state index in [-0.39, 0.29) is 23.2 Å². The predicted molar refractivity (Wildman–Crippen MR) is 58.5 cm³/mol. The van der Waals surface area contributed by atoms with E-state index in [2.05, 4.69) is 5.16 Å². The van der Waals surface area contributed by atoms with Crippen LogP contribution >= 0.6 is 0 Å². The first-order valence-electron chi connectivity index (χ1n) is 5.30. The van der Waals surface area contributed by atoms with Gasteiger partial charge in [-0.1, -0.05) is 5.16 Å². The summed E-state index contributed by atoms with van der Waals surface area (Å²) in [6.45, 7) is 3.02. The van der Waals surface area contributed by atoms with Crippen LogP contribution in [0.1, 0.15) is 24.3 Å². The molecular weight excluding hydrogens is 242 g/mol. The van der Waals surface area contributed by atoms with Crippen LogP contribution in [0.3, 0.4) is 0 Å². The molecule has 0 spiro atoms. The summed E-state index contributed by atoms with van der Waals surface area (Å²) in [5, 5.41) is 12.4. The largest absolute Gasteiger partial charge is 0.360 e. The molecule has 92 valence electrons. The average Bonchev–Trinajstić information content (AvgIpc) is 3.01. The van der Waals surface area contributed by atoms with Crippen molar-refractivity contribution >= 4 is 10.0 Å². The molecule has 6 nitrogen and oxygen atoms in total. The van der Waals surface area contributed by atoms with Gasteiger partial charge in [-0.05, 0) is 26.7 Å². The summed E-state index contributed by atoms with van der Waals surface area (Å²) in [5.41, 5.74) is 0.339. The third kappa shape index (κ3) is 2.06. The molecule has 0 aromatic carbocycles. The molecule has 0 saturated heterocycles. The zero-order valence-electron chi connectivity index (χ0n) is 9.67. The SMILES string of the molecule is Cc1noc(C)c1S(=O)(=O)N(CC#N)C1CC1. The summed E-state index contributed by atoms with van der Waals surface area (Å²) in [6, 6.07) is 1.84. The second-order valence-electron chi connectivity index (χ2n) is 4.09. The second kappa shape index (κ2) is 4.13. The molecule has 1 aromatic heterocycles. The number of nitriles is 1. The molecule has 7 heteroatoms. The van der Waals surface area contributed by atoms with E-state index < -0.39 is 10.0 Å². The van der Waals surface area contributed by atoms with Gasteiger partial charge in [-0.3, -0.25) is 0 Å². The average molecular weight is 255 g/mol.